The fraction of sp³-hybridized carbons (Fsp3) is 0.462. The van der Waals surface area contributed by atoms with Crippen LogP contribution >= 0.6 is 15.9 Å². The van der Waals surface area contributed by atoms with E-state index in [1.165, 1.54) is 5.69 Å². The molecule has 1 aliphatic heterocycles. The van der Waals surface area contributed by atoms with Gasteiger partial charge in [-0.15, -0.1) is 0 Å². The number of nitrogens with zero attached hydrogens (tertiary/aromatic N) is 2. The molecule has 0 aliphatic carbocycles. The lowest BCUT2D eigenvalue weighted by Crippen LogP contribution is -2.50. The van der Waals surface area contributed by atoms with Crippen LogP contribution in [-0.2, 0) is 0 Å². The highest BCUT2D eigenvalue weighted by Crippen LogP contribution is 2.24. The molecule has 3 nitrogen and oxygen atoms in total. The van der Waals surface area contributed by atoms with E-state index in [1.807, 2.05) is 18.2 Å². The normalized spacial score (nSPS) is 21.6. The van der Waals surface area contributed by atoms with E-state index in [2.05, 4.69) is 39.7 Å². The molecule has 1 saturated heterocycles. The average molecular weight is 297 g/mol. The van der Waals surface area contributed by atoms with Crippen molar-refractivity contribution in [2.24, 2.45) is 0 Å². The maximum atomic E-state index is 10.8. The minimum Gasteiger partial charge on any atom is -0.369 e. The number of likely N-dealkylation sites (N-methyl/N-ethyl adjacent to an activating group) is 1. The number of rotatable bonds is 2. The first kappa shape index (κ1) is 12.6. The molecule has 4 heteroatoms. The Bertz CT molecular complexity index is 422. The second-order valence-electron chi connectivity index (χ2n) is 4.60. The van der Waals surface area contributed by atoms with Crippen LogP contribution in [0.3, 0.4) is 0 Å². The van der Waals surface area contributed by atoms with Crippen LogP contribution in [-0.4, -0.2) is 43.9 Å². The lowest BCUT2D eigenvalue weighted by molar-refractivity contribution is 0.112. The van der Waals surface area contributed by atoms with Gasteiger partial charge in [-0.1, -0.05) is 0 Å². The van der Waals surface area contributed by atoms with E-state index in [4.69, 9.17) is 0 Å². The molecule has 2 rings (SSSR count). The summed E-state index contributed by atoms with van der Waals surface area (Å²) < 4.78 is 0.872. The van der Waals surface area contributed by atoms with Crippen LogP contribution in [0, 0.1) is 0 Å². The van der Waals surface area contributed by atoms with Gasteiger partial charge in [-0.05, 0) is 48.1 Å². The molecule has 1 aliphatic rings. The maximum Gasteiger partial charge on any atom is 0.151 e. The number of anilines is 1. The van der Waals surface area contributed by atoms with Gasteiger partial charge in [0.25, 0.3) is 0 Å². The van der Waals surface area contributed by atoms with Crippen LogP contribution in [0.1, 0.15) is 17.3 Å². The van der Waals surface area contributed by atoms with Crippen molar-refractivity contribution in [1.82, 2.24) is 4.90 Å². The molecule has 1 aromatic carbocycles. The molecule has 17 heavy (non-hydrogen) atoms. The molecule has 0 spiro atoms. The van der Waals surface area contributed by atoms with Crippen molar-refractivity contribution in [3.05, 3.63) is 28.2 Å². The third kappa shape index (κ3) is 2.69. The van der Waals surface area contributed by atoms with Crippen LogP contribution in [0.15, 0.2) is 22.7 Å². The van der Waals surface area contributed by atoms with E-state index in [-0.39, 0.29) is 0 Å². The number of piperazine rings is 1. The number of halogens is 1. The lowest BCUT2D eigenvalue weighted by atomic mass is 10.1. The van der Waals surface area contributed by atoms with Crippen LogP contribution in [0.2, 0.25) is 0 Å². The summed E-state index contributed by atoms with van der Waals surface area (Å²) >= 11 is 3.43. The minimum atomic E-state index is 0.563. The summed E-state index contributed by atoms with van der Waals surface area (Å²) in [5.41, 5.74) is 1.89. The van der Waals surface area contributed by atoms with E-state index in [9.17, 15) is 4.79 Å². The molecule has 0 radical (unpaired) electrons. The molecule has 1 fully saturated rings. The Morgan fingerprint density at radius 1 is 1.41 bits per heavy atom. The van der Waals surface area contributed by atoms with Gasteiger partial charge in [0.15, 0.2) is 6.29 Å². The first-order chi connectivity index (χ1) is 8.11. The van der Waals surface area contributed by atoms with Gasteiger partial charge < -0.3 is 9.80 Å². The van der Waals surface area contributed by atoms with Gasteiger partial charge in [-0.3, -0.25) is 4.79 Å². The van der Waals surface area contributed by atoms with Crippen molar-refractivity contribution < 1.29 is 4.79 Å². The highest BCUT2D eigenvalue weighted by Gasteiger charge is 2.20. The van der Waals surface area contributed by atoms with Gasteiger partial charge >= 0.3 is 0 Å². The predicted octanol–water partition coefficient (Wildman–Crippen LogP) is 2.40. The maximum absolute atomic E-state index is 10.8. The highest BCUT2D eigenvalue weighted by molar-refractivity contribution is 9.10. The van der Waals surface area contributed by atoms with Crippen molar-refractivity contribution in [3.8, 4) is 0 Å². The molecule has 1 heterocycles. The summed E-state index contributed by atoms with van der Waals surface area (Å²) in [7, 11) is 2.16. The zero-order chi connectivity index (χ0) is 12.4. The molecule has 1 unspecified atom stereocenters. The molecule has 0 aromatic heterocycles. The van der Waals surface area contributed by atoms with Gasteiger partial charge in [0.1, 0.15) is 0 Å². The molecule has 0 bridgehead atoms. The molecule has 1 atom stereocenters. The second kappa shape index (κ2) is 5.19. The lowest BCUT2D eigenvalue weighted by Gasteiger charge is -2.39. The Kier molecular flexibility index (Phi) is 3.84. The highest BCUT2D eigenvalue weighted by atomic mass is 79.9. The first-order valence-electron chi connectivity index (χ1n) is 5.81. The van der Waals surface area contributed by atoms with Gasteiger partial charge in [-0.2, -0.15) is 0 Å². The number of hydrogen-bond acceptors (Lipinski definition) is 3. The smallest absolute Gasteiger partial charge is 0.151 e. The largest absolute Gasteiger partial charge is 0.369 e. The van der Waals surface area contributed by atoms with Gasteiger partial charge in [0, 0.05) is 41.4 Å². The minimum absolute atomic E-state index is 0.563. The molecule has 0 N–H and O–H groups in total. The third-order valence-electron chi connectivity index (χ3n) is 3.44. The van der Waals surface area contributed by atoms with E-state index >= 15 is 0 Å². The number of benzene rings is 1. The summed E-state index contributed by atoms with van der Waals surface area (Å²) in [6, 6.07) is 6.48. The molecular weight excluding hydrogens is 280 g/mol. The number of carbonyl (C=O) groups excluding carboxylic acids is 1. The Morgan fingerprint density at radius 2 is 2.18 bits per heavy atom. The average Bonchev–Trinajstić information content (AvgIpc) is 2.32. The van der Waals surface area contributed by atoms with E-state index in [1.54, 1.807) is 0 Å². The quantitative estimate of drug-likeness (QED) is 0.783. The zero-order valence-electron chi connectivity index (χ0n) is 10.2. The van der Waals surface area contributed by atoms with Gasteiger partial charge in [0.05, 0.1) is 0 Å². The Balaban J connectivity index is 2.18. The summed E-state index contributed by atoms with van der Waals surface area (Å²) in [6.07, 6.45) is 0.875. The summed E-state index contributed by atoms with van der Waals surface area (Å²) in [5, 5.41) is 0. The van der Waals surface area contributed by atoms with E-state index in [0.29, 0.717) is 11.6 Å². The molecule has 0 saturated carbocycles. The molecular formula is C13H17BrN2O. The van der Waals surface area contributed by atoms with Gasteiger partial charge in [0.2, 0.25) is 0 Å². The first-order valence-corrected chi connectivity index (χ1v) is 6.61. The SMILES string of the molecule is CC1CN(c2ccc(C=O)c(Br)c2)CCN1C. The van der Waals surface area contributed by atoms with Crippen molar-refractivity contribution in [1.29, 1.82) is 0 Å². The summed E-state index contributed by atoms with van der Waals surface area (Å²) in [5.74, 6) is 0. The Morgan fingerprint density at radius 3 is 2.76 bits per heavy atom. The molecule has 1 aromatic rings. The van der Waals surface area contributed by atoms with Gasteiger partial charge in [-0.25, -0.2) is 0 Å². The van der Waals surface area contributed by atoms with Crippen LogP contribution in [0.5, 0.6) is 0 Å². The van der Waals surface area contributed by atoms with Crippen molar-refractivity contribution in [2.45, 2.75) is 13.0 Å². The second-order valence-corrected chi connectivity index (χ2v) is 5.45. The Hall–Kier alpha value is -0.870. The number of aldehydes is 1. The van der Waals surface area contributed by atoms with E-state index < -0.39 is 0 Å². The summed E-state index contributed by atoms with van der Waals surface area (Å²) in [4.78, 5) is 15.5. The van der Waals surface area contributed by atoms with Crippen LogP contribution < -0.4 is 4.90 Å². The topological polar surface area (TPSA) is 23.6 Å². The molecule has 92 valence electrons. The standard InChI is InChI=1S/C13H17BrN2O/c1-10-8-16(6-5-15(10)2)12-4-3-11(9-17)13(14)7-12/h3-4,7,9-10H,5-6,8H2,1-2H3. The fourth-order valence-corrected chi connectivity index (χ4v) is 2.55. The van der Waals surface area contributed by atoms with Crippen LogP contribution in [0.4, 0.5) is 5.69 Å². The summed E-state index contributed by atoms with van der Waals surface area (Å²) in [6.45, 7) is 5.38. The zero-order valence-corrected chi connectivity index (χ0v) is 11.8. The van der Waals surface area contributed by atoms with Crippen molar-refractivity contribution in [2.75, 3.05) is 31.6 Å². The predicted molar refractivity (Wildman–Crippen MR) is 73.8 cm³/mol. The van der Waals surface area contributed by atoms with Crippen molar-refractivity contribution in [3.63, 3.8) is 0 Å². The number of carbonyl (C=O) groups is 1. The number of hydrogen-bond donors (Lipinski definition) is 0. The fourth-order valence-electron chi connectivity index (χ4n) is 2.09. The van der Waals surface area contributed by atoms with E-state index in [0.717, 1.165) is 30.4 Å². The monoisotopic (exact) mass is 296 g/mol. The third-order valence-corrected chi connectivity index (χ3v) is 4.12. The van der Waals surface area contributed by atoms with Crippen molar-refractivity contribution >= 4 is 27.9 Å². The molecule has 0 amide bonds. The Labute approximate surface area is 111 Å². The van der Waals surface area contributed by atoms with Crippen LogP contribution in [0.25, 0.3) is 0 Å².